The van der Waals surface area contributed by atoms with Gasteiger partial charge in [-0.25, -0.2) is 0 Å². The van der Waals surface area contributed by atoms with Crippen LogP contribution < -0.4 is 4.74 Å². The fraction of sp³-hybridized carbons (Fsp3) is 0.500. The average Bonchev–Trinajstić information content (AvgIpc) is 2.33. The van der Waals surface area contributed by atoms with Crippen LogP contribution in [-0.4, -0.2) is 18.3 Å². The number of aliphatic hydroxyl groups excluding tert-OH is 1. The number of benzene rings is 1. The van der Waals surface area contributed by atoms with Crippen molar-refractivity contribution in [2.24, 2.45) is 5.92 Å². The number of ether oxygens (including phenoxy) is 1. The molecule has 0 heterocycles. The number of hydrogen-bond donors (Lipinski definition) is 1. The van der Waals surface area contributed by atoms with Gasteiger partial charge in [-0.2, -0.15) is 0 Å². The molecule has 0 spiro atoms. The van der Waals surface area contributed by atoms with E-state index in [1.807, 2.05) is 25.1 Å². The Morgan fingerprint density at radius 2 is 2.11 bits per heavy atom. The van der Waals surface area contributed by atoms with Crippen molar-refractivity contribution in [3.05, 3.63) is 29.3 Å². The van der Waals surface area contributed by atoms with Gasteiger partial charge >= 0.3 is 0 Å². The third-order valence-corrected chi connectivity index (χ3v) is 2.62. The van der Waals surface area contributed by atoms with Crippen LogP contribution in [0.15, 0.2) is 18.2 Å². The van der Waals surface area contributed by atoms with Crippen LogP contribution in [0.4, 0.5) is 0 Å². The average molecular weight is 246 g/mol. The van der Waals surface area contributed by atoms with Gasteiger partial charge in [0.1, 0.15) is 12.4 Å². The Bertz CT molecular complexity index is 424. The van der Waals surface area contributed by atoms with Crippen molar-refractivity contribution in [3.63, 3.8) is 0 Å². The van der Waals surface area contributed by atoms with Crippen molar-refractivity contribution in [1.29, 1.82) is 0 Å². The molecule has 0 aliphatic rings. The molecule has 0 unspecified atom stereocenters. The van der Waals surface area contributed by atoms with Crippen LogP contribution in [0.2, 0.25) is 0 Å². The quantitative estimate of drug-likeness (QED) is 0.639. The maximum Gasteiger partial charge on any atom is 0.134 e. The van der Waals surface area contributed by atoms with Gasteiger partial charge in [-0.05, 0) is 43.4 Å². The van der Waals surface area contributed by atoms with Gasteiger partial charge in [-0.15, -0.1) is 0 Å². The van der Waals surface area contributed by atoms with E-state index < -0.39 is 0 Å². The molecule has 2 heteroatoms. The van der Waals surface area contributed by atoms with E-state index in [-0.39, 0.29) is 6.61 Å². The fourth-order valence-electron chi connectivity index (χ4n) is 1.68. The maximum absolute atomic E-state index is 8.75. The van der Waals surface area contributed by atoms with Crippen LogP contribution in [0.1, 0.15) is 37.8 Å². The molecule has 1 aromatic carbocycles. The van der Waals surface area contributed by atoms with Crippen LogP contribution >= 0.6 is 0 Å². The largest absolute Gasteiger partial charge is 0.492 e. The lowest BCUT2D eigenvalue weighted by molar-refractivity contribution is 0.297. The number of rotatable bonds is 5. The molecule has 0 aliphatic carbocycles. The lowest BCUT2D eigenvalue weighted by atomic mass is 10.1. The summed E-state index contributed by atoms with van der Waals surface area (Å²) in [6, 6.07) is 5.95. The van der Waals surface area contributed by atoms with Gasteiger partial charge < -0.3 is 9.84 Å². The molecule has 2 nitrogen and oxygen atoms in total. The molecule has 0 radical (unpaired) electrons. The minimum Gasteiger partial charge on any atom is -0.492 e. The van der Waals surface area contributed by atoms with Crippen molar-refractivity contribution in [1.82, 2.24) is 0 Å². The minimum atomic E-state index is -0.124. The summed E-state index contributed by atoms with van der Waals surface area (Å²) in [5, 5.41) is 8.75. The second-order valence-electron chi connectivity index (χ2n) is 4.84. The molecule has 18 heavy (non-hydrogen) atoms. The van der Waals surface area contributed by atoms with Crippen LogP contribution in [0.25, 0.3) is 0 Å². The highest BCUT2D eigenvalue weighted by molar-refractivity contribution is 5.48. The van der Waals surface area contributed by atoms with Gasteiger partial charge in [0.2, 0.25) is 0 Å². The van der Waals surface area contributed by atoms with Gasteiger partial charge in [0.05, 0.1) is 12.2 Å². The highest BCUT2D eigenvalue weighted by Crippen LogP contribution is 2.19. The van der Waals surface area contributed by atoms with Crippen molar-refractivity contribution >= 4 is 0 Å². The number of hydrogen-bond acceptors (Lipinski definition) is 2. The van der Waals surface area contributed by atoms with Gasteiger partial charge in [0.15, 0.2) is 0 Å². The van der Waals surface area contributed by atoms with Crippen LogP contribution in [0, 0.1) is 24.7 Å². The molecule has 1 aromatic rings. The molecule has 0 aliphatic heterocycles. The smallest absolute Gasteiger partial charge is 0.134 e. The van der Waals surface area contributed by atoms with Crippen molar-refractivity contribution in [2.45, 2.75) is 33.6 Å². The van der Waals surface area contributed by atoms with Gasteiger partial charge in [0.25, 0.3) is 0 Å². The maximum atomic E-state index is 8.75. The van der Waals surface area contributed by atoms with Crippen molar-refractivity contribution in [3.8, 4) is 17.6 Å². The molecule has 0 atom stereocenters. The van der Waals surface area contributed by atoms with Crippen molar-refractivity contribution < 1.29 is 9.84 Å². The molecule has 0 aromatic heterocycles. The Morgan fingerprint density at radius 3 is 2.78 bits per heavy atom. The summed E-state index contributed by atoms with van der Waals surface area (Å²) in [6.45, 7) is 7.04. The second-order valence-corrected chi connectivity index (χ2v) is 4.84. The first-order valence-electron chi connectivity index (χ1n) is 6.46. The Hall–Kier alpha value is -1.46. The predicted molar refractivity (Wildman–Crippen MR) is 74.7 cm³/mol. The first kappa shape index (κ1) is 14.6. The lowest BCUT2D eigenvalue weighted by Gasteiger charge is -2.10. The Labute approximate surface area is 110 Å². The van der Waals surface area contributed by atoms with Gasteiger partial charge in [0, 0.05) is 0 Å². The molecule has 1 rings (SSSR count). The third-order valence-electron chi connectivity index (χ3n) is 2.62. The van der Waals surface area contributed by atoms with Gasteiger partial charge in [-0.3, -0.25) is 0 Å². The normalized spacial score (nSPS) is 10.1. The van der Waals surface area contributed by atoms with Gasteiger partial charge in [-0.1, -0.05) is 31.8 Å². The van der Waals surface area contributed by atoms with Crippen LogP contribution in [0.5, 0.6) is 5.75 Å². The Morgan fingerprint density at radius 1 is 1.33 bits per heavy atom. The zero-order chi connectivity index (χ0) is 13.4. The Balaban J connectivity index is 2.63. The van der Waals surface area contributed by atoms with Crippen LogP contribution in [-0.2, 0) is 0 Å². The first-order valence-corrected chi connectivity index (χ1v) is 6.46. The van der Waals surface area contributed by atoms with E-state index in [1.165, 1.54) is 6.42 Å². The highest BCUT2D eigenvalue weighted by Gasteiger charge is 2.02. The van der Waals surface area contributed by atoms with Crippen molar-refractivity contribution in [2.75, 3.05) is 13.2 Å². The molecule has 0 fully saturated rings. The standard InChI is InChI=1S/C16H22O2/c1-13(2)6-5-11-18-16-9-8-14(3)12-15(16)7-4-10-17/h8-9,12-13,17H,5-6,10-11H2,1-3H3. The molecule has 0 saturated heterocycles. The molecule has 0 bridgehead atoms. The molecule has 0 amide bonds. The SMILES string of the molecule is Cc1ccc(OCCCC(C)C)c(C#CCO)c1. The topological polar surface area (TPSA) is 29.5 Å². The summed E-state index contributed by atoms with van der Waals surface area (Å²) in [7, 11) is 0. The van der Waals surface area contributed by atoms with E-state index in [0.717, 1.165) is 29.9 Å². The molecule has 98 valence electrons. The predicted octanol–water partition coefficient (Wildman–Crippen LogP) is 3.15. The summed E-state index contributed by atoms with van der Waals surface area (Å²) in [6.07, 6.45) is 2.22. The Kier molecular flexibility index (Phi) is 6.32. The second kappa shape index (κ2) is 7.79. The summed E-state index contributed by atoms with van der Waals surface area (Å²) in [5.74, 6) is 7.11. The zero-order valence-corrected chi connectivity index (χ0v) is 11.5. The third kappa shape index (κ3) is 5.25. The molecule has 1 N–H and O–H groups in total. The lowest BCUT2D eigenvalue weighted by Crippen LogP contribution is -2.01. The first-order chi connectivity index (χ1) is 8.63. The number of aryl methyl sites for hydroxylation is 1. The monoisotopic (exact) mass is 246 g/mol. The summed E-state index contributed by atoms with van der Waals surface area (Å²) < 4.78 is 5.76. The fourth-order valence-corrected chi connectivity index (χ4v) is 1.68. The van der Waals surface area contributed by atoms with E-state index in [4.69, 9.17) is 9.84 Å². The van der Waals surface area contributed by atoms with E-state index in [2.05, 4.69) is 25.7 Å². The summed E-state index contributed by atoms with van der Waals surface area (Å²) in [4.78, 5) is 0. The van der Waals surface area contributed by atoms with E-state index in [0.29, 0.717) is 5.92 Å². The number of aliphatic hydroxyl groups is 1. The van der Waals surface area contributed by atoms with Crippen LogP contribution in [0.3, 0.4) is 0 Å². The molecule has 0 saturated carbocycles. The molecular weight excluding hydrogens is 224 g/mol. The zero-order valence-electron chi connectivity index (χ0n) is 11.5. The van der Waals surface area contributed by atoms with E-state index in [9.17, 15) is 0 Å². The van der Waals surface area contributed by atoms with E-state index in [1.54, 1.807) is 0 Å². The van der Waals surface area contributed by atoms with E-state index >= 15 is 0 Å². The summed E-state index contributed by atoms with van der Waals surface area (Å²) in [5.41, 5.74) is 2.00. The highest BCUT2D eigenvalue weighted by atomic mass is 16.5. The molecular formula is C16H22O2. The minimum absolute atomic E-state index is 0.124. The summed E-state index contributed by atoms with van der Waals surface area (Å²) >= 11 is 0.